The van der Waals surface area contributed by atoms with Crippen molar-refractivity contribution in [1.29, 1.82) is 0 Å². The smallest absolute Gasteiger partial charge is 0.463 e. The summed E-state index contributed by atoms with van der Waals surface area (Å²) < 4.78 is 61.2. The first-order chi connectivity index (χ1) is 55.2. The first kappa shape index (κ1) is 107. The van der Waals surface area contributed by atoms with Gasteiger partial charge in [-0.3, -0.25) is 32.5 Å². The van der Waals surface area contributed by atoms with E-state index in [4.69, 9.17) is 32.3 Å². The number of rotatable bonds is 80. The highest BCUT2D eigenvalue weighted by Gasteiger charge is 2.29. The van der Waals surface area contributed by atoms with Crippen molar-refractivity contribution in [2.45, 2.75) is 334 Å². The fourth-order valence-electron chi connectivity index (χ4n) is 11.0. The van der Waals surface area contributed by atoms with Gasteiger partial charge in [0.2, 0.25) is 0 Å². The number of phosphoric acid groups is 2. The summed E-state index contributed by atoms with van der Waals surface area (Å²) in [5.74, 6) is -1.70. The quantitative estimate of drug-likeness (QED) is 0.0146. The molecule has 0 aliphatic carbocycles. The third kappa shape index (κ3) is 86.8. The van der Waals surface area contributed by atoms with Gasteiger partial charge < -0.3 is 34.2 Å². The number of hydrogen-bond acceptors (Lipinski definition) is 14. The highest BCUT2D eigenvalue weighted by molar-refractivity contribution is 7.47. The minimum Gasteiger partial charge on any atom is -0.463 e. The van der Waals surface area contributed by atoms with E-state index < -0.39 is 91.5 Å². The maximum absolute atomic E-state index is 13.0. The molecule has 0 spiro atoms. The van der Waals surface area contributed by atoms with Crippen molar-refractivity contribution in [2.24, 2.45) is 0 Å². The van der Waals surface area contributed by atoms with Crippen LogP contribution in [0.5, 0.6) is 0 Å². The van der Waals surface area contributed by atoms with Gasteiger partial charge in [0, 0.05) is 19.3 Å². The highest BCUT2D eigenvalue weighted by Crippen LogP contribution is 2.45. The summed E-state index contributed by atoms with van der Waals surface area (Å²) >= 11 is 0. The molecule has 0 rings (SSSR count). The number of unbranched alkanes of at least 4 members (excludes halogenated alkanes) is 23. The van der Waals surface area contributed by atoms with Gasteiger partial charge in [0.15, 0.2) is 6.10 Å². The molecule has 0 saturated carbocycles. The molecule has 0 fully saturated rings. The molecule has 16 nitrogen and oxygen atoms in total. The minimum absolute atomic E-state index is 0.0321. The second-order valence-electron chi connectivity index (χ2n) is 28.2. The van der Waals surface area contributed by atoms with Crippen molar-refractivity contribution >= 4 is 33.6 Å². The van der Waals surface area contributed by atoms with E-state index in [1.54, 1.807) is 0 Å². The molecule has 0 radical (unpaired) electrons. The van der Waals surface area contributed by atoms with Gasteiger partial charge in [-0.15, -0.1) is 0 Å². The Morgan fingerprint density at radius 1 is 0.248 bits per heavy atom. The Bertz CT molecular complexity index is 2880. The van der Waals surface area contributed by atoms with E-state index in [0.29, 0.717) is 25.7 Å². The Balaban J connectivity index is 4.61. The van der Waals surface area contributed by atoms with E-state index in [1.165, 1.54) is 89.9 Å². The first-order valence-electron chi connectivity index (χ1n) is 43.4. The predicted octanol–water partition coefficient (Wildman–Crippen LogP) is 26.4. The molecule has 5 atom stereocenters. The molecule has 0 aliphatic rings. The molecule has 640 valence electrons. The molecule has 5 unspecified atom stereocenters. The molecule has 0 aromatic carbocycles. The largest absolute Gasteiger partial charge is 0.472 e. The summed E-state index contributed by atoms with van der Waals surface area (Å²) in [6.07, 6.45) is 115. The third-order valence-corrected chi connectivity index (χ3v) is 19.4. The lowest BCUT2D eigenvalue weighted by Crippen LogP contribution is -2.29. The molecule has 0 aromatic heterocycles. The number of aliphatic hydroxyl groups is 2. The Kier molecular flexibility index (Phi) is 81.1. The van der Waals surface area contributed by atoms with Crippen molar-refractivity contribution in [1.82, 2.24) is 0 Å². The number of carbonyl (C=O) groups is 3. The summed E-state index contributed by atoms with van der Waals surface area (Å²) in [5.41, 5.74) is 0. The molecule has 0 saturated heterocycles. The van der Waals surface area contributed by atoms with Gasteiger partial charge >= 0.3 is 33.6 Å². The number of ether oxygens (including phenoxy) is 3. The van der Waals surface area contributed by atoms with E-state index in [9.17, 15) is 43.5 Å². The normalized spacial score (nSPS) is 14.9. The van der Waals surface area contributed by atoms with E-state index >= 15 is 0 Å². The average Bonchev–Trinajstić information content (AvgIpc) is 0.913. The zero-order valence-electron chi connectivity index (χ0n) is 70.2. The number of allylic oxidation sites excluding steroid dienone is 34. The van der Waals surface area contributed by atoms with Gasteiger partial charge in [0.1, 0.15) is 25.4 Å². The molecule has 0 heterocycles. The summed E-state index contributed by atoms with van der Waals surface area (Å²) in [6, 6.07) is 0. The highest BCUT2D eigenvalue weighted by atomic mass is 31.2. The summed E-state index contributed by atoms with van der Waals surface area (Å²) in [6.45, 7) is 2.23. The third-order valence-electron chi connectivity index (χ3n) is 17.5. The van der Waals surface area contributed by atoms with Gasteiger partial charge in [0.05, 0.1) is 26.4 Å². The van der Waals surface area contributed by atoms with Crippen LogP contribution in [-0.2, 0) is 55.8 Å². The Labute approximate surface area is 686 Å². The number of esters is 3. The summed E-state index contributed by atoms with van der Waals surface area (Å²) in [7, 11) is -9.84. The van der Waals surface area contributed by atoms with E-state index in [1.807, 2.05) is 18.2 Å². The van der Waals surface area contributed by atoms with Crippen LogP contribution in [0, 0.1) is 0 Å². The molecule has 18 heteroatoms. The maximum Gasteiger partial charge on any atom is 0.472 e. The summed E-state index contributed by atoms with van der Waals surface area (Å²) in [5, 5.41) is 20.7. The fraction of sp³-hybridized carbons (Fsp3) is 0.611. The Morgan fingerprint density at radius 2 is 0.460 bits per heavy atom. The number of aliphatic hydroxyl groups excluding tert-OH is 2. The van der Waals surface area contributed by atoms with Crippen molar-refractivity contribution in [3.63, 3.8) is 0 Å². The molecule has 0 amide bonds. The van der Waals surface area contributed by atoms with Crippen LogP contribution in [0.15, 0.2) is 207 Å². The molecular formula is C95H154O16P2. The maximum atomic E-state index is 13.0. The lowest BCUT2D eigenvalue weighted by molar-refractivity contribution is -0.161. The molecule has 0 aromatic rings. The molecule has 113 heavy (non-hydrogen) atoms. The zero-order chi connectivity index (χ0) is 82.2. The minimum atomic E-state index is -4.97. The van der Waals surface area contributed by atoms with Crippen LogP contribution in [-0.4, -0.2) is 95.9 Å². The number of carbonyl (C=O) groups excluding carboxylic acids is 3. The van der Waals surface area contributed by atoms with Crippen LogP contribution < -0.4 is 0 Å². The molecule has 0 bridgehead atoms. The number of phosphoric ester groups is 2. The van der Waals surface area contributed by atoms with Crippen LogP contribution >= 0.6 is 15.6 Å². The van der Waals surface area contributed by atoms with Crippen LogP contribution in [0.25, 0.3) is 0 Å². The molecular weight excluding hydrogens is 1460 g/mol. The van der Waals surface area contributed by atoms with Crippen LogP contribution in [0.4, 0.5) is 0 Å². The fourth-order valence-corrected chi connectivity index (χ4v) is 12.6. The average molecular weight is 1610 g/mol. The molecule has 0 aliphatic heterocycles. The van der Waals surface area contributed by atoms with Crippen LogP contribution in [0.3, 0.4) is 0 Å². The SMILES string of the molecule is CC/C=C\C/C=C\C/C=C\C/C=C\C/C=C\C/C=C\CCCCCCCCC(=O)OCC(COP(=O)(O)OCC(O)COP(=O)(O)OCC(O)COC(=O)CCCCCCCCCCCCCCCCCCC/C=C\C/C=C\C/C=C\C/C=C\C/C=C\CC)OC(=O)CC/C=C\C/C=C\C/C=C\C/C=C\C/C=C\C/C=C\CC. The second-order valence-corrected chi connectivity index (χ2v) is 31.1. The van der Waals surface area contributed by atoms with Crippen LogP contribution in [0.2, 0.25) is 0 Å². The van der Waals surface area contributed by atoms with Gasteiger partial charge in [-0.05, 0) is 154 Å². The first-order valence-corrected chi connectivity index (χ1v) is 46.4. The zero-order valence-corrected chi connectivity index (χ0v) is 72.0. The van der Waals surface area contributed by atoms with Gasteiger partial charge in [-0.1, -0.05) is 349 Å². The Hall–Kier alpha value is -5.87. The topological polar surface area (TPSA) is 231 Å². The van der Waals surface area contributed by atoms with E-state index in [2.05, 4.69) is 209 Å². The lowest BCUT2D eigenvalue weighted by atomic mass is 10.0. The van der Waals surface area contributed by atoms with Crippen molar-refractivity contribution in [2.75, 3.05) is 39.6 Å². The van der Waals surface area contributed by atoms with Gasteiger partial charge in [-0.25, -0.2) is 9.13 Å². The second kappa shape index (κ2) is 85.5. The van der Waals surface area contributed by atoms with Crippen LogP contribution in [0.1, 0.15) is 316 Å². The lowest BCUT2D eigenvalue weighted by Gasteiger charge is -2.21. The van der Waals surface area contributed by atoms with Gasteiger partial charge in [-0.2, -0.15) is 0 Å². The Morgan fingerprint density at radius 3 is 0.735 bits per heavy atom. The number of hydrogen-bond donors (Lipinski definition) is 4. The van der Waals surface area contributed by atoms with Crippen molar-refractivity contribution in [3.05, 3.63) is 207 Å². The predicted molar refractivity (Wildman–Crippen MR) is 472 cm³/mol. The van der Waals surface area contributed by atoms with Crippen molar-refractivity contribution in [3.8, 4) is 0 Å². The van der Waals surface area contributed by atoms with Gasteiger partial charge in [0.25, 0.3) is 0 Å². The van der Waals surface area contributed by atoms with E-state index in [-0.39, 0.29) is 19.3 Å². The van der Waals surface area contributed by atoms with Crippen molar-refractivity contribution < 1.29 is 75.8 Å². The van der Waals surface area contributed by atoms with E-state index in [0.717, 1.165) is 161 Å². The standard InChI is InChI=1S/C95H154O16P2/c1-4-7-10-13-16-19-22-25-28-31-34-36-38-40-41-42-43-44-45-46-47-49-51-52-55-57-60-63-66-69-72-75-78-81-93(98)105-84-90(96)85-107-112(101,102)108-86-91(97)87-109-113(103,104)110-89-92(111-95(100)83-80-77-74-71-68-65-62-59-54-33-30-27-24-21-18-15-12-9-6-3)88-106-94(99)82-79-76-73-70-67-64-61-58-56-53-50-48-39-37-35-32-29-26-23-20-17-14-11-8-5-2/h7-12,16-21,25-30,34-37,40-41,48,50,54,56,58-59,65,68,74,77,90-92,96-97H,4-6,13-15,22-24,31-33,38-39,42-47,49,51-53,55,57,60-64,66-67,69-73,75-76,78-89H2,1-3H3,(H,101,102)(H,103,104)/b10-7-,11-8-,12-9-,19-16-,20-17-,21-18-,28-25-,29-26-,30-27-,36-34-,37-35-,41-40-,50-48-,58-56-,59-54-,68-65-,77-74-. The molecule has 4 N–H and O–H groups in total. The monoisotopic (exact) mass is 1610 g/mol. The summed E-state index contributed by atoms with van der Waals surface area (Å²) in [4.78, 5) is 58.8.